The third-order valence-electron chi connectivity index (χ3n) is 3.07. The number of hydrogen-bond donors (Lipinski definition) is 0. The highest BCUT2D eigenvalue weighted by atomic mass is 16.5. The Labute approximate surface area is 81.2 Å². The van der Waals surface area contributed by atoms with E-state index in [0.717, 1.165) is 0 Å². The molecule has 0 amide bonds. The van der Waals surface area contributed by atoms with Crippen LogP contribution in [0.25, 0.3) is 0 Å². The lowest BCUT2D eigenvalue weighted by Crippen LogP contribution is -2.17. The standard InChI is InChI=1S/C12H20O/c1-12(2)9-10-7-5-3-4-6-8-11(10)13-12/h3-9H2,1-2H3. The predicted octanol–water partition coefficient (Wildman–Crippen LogP) is 3.79. The number of hydrogen-bond acceptors (Lipinski definition) is 1. The summed E-state index contributed by atoms with van der Waals surface area (Å²) < 4.78 is 5.97. The first-order valence-electron chi connectivity index (χ1n) is 5.57. The number of ether oxygens (including phenoxy) is 1. The van der Waals surface area contributed by atoms with E-state index in [1.165, 1.54) is 50.7 Å². The van der Waals surface area contributed by atoms with E-state index in [4.69, 9.17) is 4.74 Å². The van der Waals surface area contributed by atoms with E-state index in [2.05, 4.69) is 13.8 Å². The zero-order valence-corrected chi connectivity index (χ0v) is 8.86. The minimum absolute atomic E-state index is 0.0923. The number of rotatable bonds is 0. The molecular formula is C12H20O. The van der Waals surface area contributed by atoms with Crippen molar-refractivity contribution >= 4 is 0 Å². The van der Waals surface area contributed by atoms with E-state index in [1.54, 1.807) is 5.57 Å². The molecule has 0 radical (unpaired) electrons. The lowest BCUT2D eigenvalue weighted by molar-refractivity contribution is 0.0562. The van der Waals surface area contributed by atoms with Gasteiger partial charge in [0.1, 0.15) is 5.60 Å². The molecule has 1 nitrogen and oxygen atoms in total. The summed E-state index contributed by atoms with van der Waals surface area (Å²) in [7, 11) is 0. The van der Waals surface area contributed by atoms with E-state index in [-0.39, 0.29) is 5.60 Å². The van der Waals surface area contributed by atoms with Gasteiger partial charge in [0.15, 0.2) is 0 Å². The molecule has 0 fully saturated rings. The second-order valence-corrected chi connectivity index (χ2v) is 4.98. The topological polar surface area (TPSA) is 9.23 Å². The van der Waals surface area contributed by atoms with Crippen molar-refractivity contribution < 1.29 is 4.74 Å². The summed E-state index contributed by atoms with van der Waals surface area (Å²) in [5.41, 5.74) is 1.71. The second-order valence-electron chi connectivity index (χ2n) is 4.98. The molecule has 0 aromatic carbocycles. The molecule has 0 aromatic heterocycles. The molecule has 0 saturated heterocycles. The van der Waals surface area contributed by atoms with Crippen LogP contribution in [0.1, 0.15) is 58.8 Å². The molecule has 0 N–H and O–H groups in total. The Balaban J connectivity index is 2.09. The van der Waals surface area contributed by atoms with E-state index < -0.39 is 0 Å². The molecule has 1 aliphatic carbocycles. The van der Waals surface area contributed by atoms with Crippen LogP contribution in [-0.2, 0) is 4.74 Å². The molecule has 1 aliphatic heterocycles. The van der Waals surface area contributed by atoms with Crippen LogP contribution in [0, 0.1) is 0 Å². The van der Waals surface area contributed by atoms with Gasteiger partial charge in [-0.2, -0.15) is 0 Å². The van der Waals surface area contributed by atoms with Gasteiger partial charge in [-0.25, -0.2) is 0 Å². The Morgan fingerprint density at radius 3 is 2.46 bits per heavy atom. The van der Waals surface area contributed by atoms with E-state index in [1.807, 2.05) is 0 Å². The van der Waals surface area contributed by atoms with Crippen LogP contribution >= 0.6 is 0 Å². The SMILES string of the molecule is CC1(C)CC2=C(CCCCCC2)O1. The van der Waals surface area contributed by atoms with Gasteiger partial charge in [-0.15, -0.1) is 0 Å². The molecule has 0 bridgehead atoms. The van der Waals surface area contributed by atoms with Crippen molar-refractivity contribution in [3.63, 3.8) is 0 Å². The fourth-order valence-electron chi connectivity index (χ4n) is 2.49. The highest BCUT2D eigenvalue weighted by Crippen LogP contribution is 2.39. The van der Waals surface area contributed by atoms with Gasteiger partial charge in [-0.1, -0.05) is 12.8 Å². The molecule has 0 atom stereocenters. The summed E-state index contributed by atoms with van der Waals surface area (Å²) in [6.45, 7) is 4.41. The van der Waals surface area contributed by atoms with Crippen molar-refractivity contribution in [1.82, 2.24) is 0 Å². The zero-order valence-electron chi connectivity index (χ0n) is 8.86. The van der Waals surface area contributed by atoms with Gasteiger partial charge in [0, 0.05) is 12.8 Å². The largest absolute Gasteiger partial charge is 0.492 e. The highest BCUT2D eigenvalue weighted by Gasteiger charge is 2.31. The monoisotopic (exact) mass is 180 g/mol. The summed E-state index contributed by atoms with van der Waals surface area (Å²) >= 11 is 0. The Bertz CT molecular complexity index is 203. The van der Waals surface area contributed by atoms with Crippen molar-refractivity contribution in [3.8, 4) is 0 Å². The van der Waals surface area contributed by atoms with E-state index in [9.17, 15) is 0 Å². The fourth-order valence-corrected chi connectivity index (χ4v) is 2.49. The van der Waals surface area contributed by atoms with Gasteiger partial charge in [-0.05, 0) is 38.7 Å². The number of allylic oxidation sites excluding steroid dienone is 1. The summed E-state index contributed by atoms with van der Waals surface area (Å²) in [6.07, 6.45) is 9.16. The molecular weight excluding hydrogens is 160 g/mol. The Morgan fingerprint density at radius 2 is 1.69 bits per heavy atom. The van der Waals surface area contributed by atoms with Crippen LogP contribution in [0.4, 0.5) is 0 Å². The summed E-state index contributed by atoms with van der Waals surface area (Å²) in [5, 5.41) is 0. The third kappa shape index (κ3) is 2.07. The molecule has 1 heteroatoms. The molecule has 0 spiro atoms. The molecule has 74 valence electrons. The van der Waals surface area contributed by atoms with Gasteiger partial charge in [0.25, 0.3) is 0 Å². The van der Waals surface area contributed by atoms with Crippen molar-refractivity contribution in [1.29, 1.82) is 0 Å². The molecule has 1 heterocycles. The van der Waals surface area contributed by atoms with Crippen LogP contribution in [0.15, 0.2) is 11.3 Å². The summed E-state index contributed by atoms with van der Waals surface area (Å²) in [4.78, 5) is 0. The van der Waals surface area contributed by atoms with Crippen LogP contribution in [0.3, 0.4) is 0 Å². The first-order chi connectivity index (χ1) is 6.17. The first kappa shape index (κ1) is 9.11. The van der Waals surface area contributed by atoms with Gasteiger partial charge >= 0.3 is 0 Å². The van der Waals surface area contributed by atoms with Gasteiger partial charge in [0.2, 0.25) is 0 Å². The Hall–Kier alpha value is -0.460. The third-order valence-corrected chi connectivity index (χ3v) is 3.07. The van der Waals surface area contributed by atoms with Crippen LogP contribution in [-0.4, -0.2) is 5.60 Å². The molecule has 2 aliphatic rings. The average Bonchev–Trinajstić information content (AvgIpc) is 2.27. The normalized spacial score (nSPS) is 27.5. The van der Waals surface area contributed by atoms with Gasteiger partial charge < -0.3 is 4.74 Å². The van der Waals surface area contributed by atoms with Crippen LogP contribution in [0.5, 0.6) is 0 Å². The minimum atomic E-state index is 0.0923. The molecule has 0 aromatic rings. The summed E-state index contributed by atoms with van der Waals surface area (Å²) in [5.74, 6) is 1.34. The quantitative estimate of drug-likeness (QED) is 0.551. The first-order valence-corrected chi connectivity index (χ1v) is 5.57. The average molecular weight is 180 g/mol. The lowest BCUT2D eigenvalue weighted by Gasteiger charge is -2.19. The molecule has 0 saturated carbocycles. The van der Waals surface area contributed by atoms with Crippen molar-refractivity contribution in [2.75, 3.05) is 0 Å². The minimum Gasteiger partial charge on any atom is -0.492 e. The molecule has 13 heavy (non-hydrogen) atoms. The molecule has 0 unspecified atom stereocenters. The van der Waals surface area contributed by atoms with Gasteiger partial charge in [-0.3, -0.25) is 0 Å². The molecule has 2 rings (SSSR count). The Morgan fingerprint density at radius 1 is 1.00 bits per heavy atom. The maximum absolute atomic E-state index is 5.97. The Kier molecular flexibility index (Phi) is 2.35. The highest BCUT2D eigenvalue weighted by molar-refractivity contribution is 5.18. The van der Waals surface area contributed by atoms with Gasteiger partial charge in [0.05, 0.1) is 5.76 Å². The maximum atomic E-state index is 5.97. The van der Waals surface area contributed by atoms with E-state index in [0.29, 0.717) is 0 Å². The second kappa shape index (κ2) is 3.36. The predicted molar refractivity (Wildman–Crippen MR) is 54.5 cm³/mol. The van der Waals surface area contributed by atoms with E-state index >= 15 is 0 Å². The summed E-state index contributed by atoms with van der Waals surface area (Å²) in [6, 6.07) is 0. The van der Waals surface area contributed by atoms with Crippen LogP contribution in [0.2, 0.25) is 0 Å². The van der Waals surface area contributed by atoms with Crippen molar-refractivity contribution in [2.24, 2.45) is 0 Å². The maximum Gasteiger partial charge on any atom is 0.107 e. The zero-order chi connectivity index (χ0) is 9.31. The smallest absolute Gasteiger partial charge is 0.107 e. The van der Waals surface area contributed by atoms with Crippen molar-refractivity contribution in [2.45, 2.75) is 64.4 Å². The fraction of sp³-hybridized carbons (Fsp3) is 0.833. The van der Waals surface area contributed by atoms with Crippen LogP contribution < -0.4 is 0 Å². The lowest BCUT2D eigenvalue weighted by atomic mass is 9.94. The van der Waals surface area contributed by atoms with Crippen molar-refractivity contribution in [3.05, 3.63) is 11.3 Å².